The molecule has 80 valence electrons. The van der Waals surface area contributed by atoms with Gasteiger partial charge >= 0.3 is 0 Å². The highest BCUT2D eigenvalue weighted by Gasteiger charge is 2.08. The zero-order chi connectivity index (χ0) is 10.8. The molecular weight excluding hydrogens is 230 g/mol. The average molecular weight is 242 g/mol. The Kier molecular flexibility index (Phi) is 2.98. The van der Waals surface area contributed by atoms with Crippen molar-refractivity contribution in [3.8, 4) is 0 Å². The summed E-state index contributed by atoms with van der Waals surface area (Å²) in [5, 5.41) is 7.46. The summed E-state index contributed by atoms with van der Waals surface area (Å²) in [6.45, 7) is 2.11. The SMILES string of the molecule is CC(Nc1cnn(C)c1)c1ccc(Cl)s1. The van der Waals surface area contributed by atoms with Gasteiger partial charge in [0, 0.05) is 18.1 Å². The van der Waals surface area contributed by atoms with Crippen LogP contribution in [0.25, 0.3) is 0 Å². The summed E-state index contributed by atoms with van der Waals surface area (Å²) in [6, 6.07) is 4.22. The van der Waals surface area contributed by atoms with Crippen LogP contribution >= 0.6 is 22.9 Å². The van der Waals surface area contributed by atoms with E-state index >= 15 is 0 Å². The molecule has 2 aromatic heterocycles. The number of rotatable bonds is 3. The van der Waals surface area contributed by atoms with Gasteiger partial charge in [0.05, 0.1) is 22.3 Å². The standard InChI is InChI=1S/C10H12ClN3S/c1-7(9-3-4-10(11)15-9)13-8-5-12-14(2)6-8/h3-7,13H,1-2H3. The molecular formula is C10H12ClN3S. The minimum Gasteiger partial charge on any atom is -0.375 e. The maximum Gasteiger partial charge on any atom is 0.0932 e. The summed E-state index contributed by atoms with van der Waals surface area (Å²) in [5.74, 6) is 0. The van der Waals surface area contributed by atoms with E-state index in [9.17, 15) is 0 Å². The molecule has 0 saturated heterocycles. The molecule has 0 spiro atoms. The third kappa shape index (κ3) is 2.52. The van der Waals surface area contributed by atoms with E-state index in [4.69, 9.17) is 11.6 Å². The number of hydrogen-bond donors (Lipinski definition) is 1. The van der Waals surface area contributed by atoms with Crippen molar-refractivity contribution in [3.63, 3.8) is 0 Å². The van der Waals surface area contributed by atoms with E-state index in [1.807, 2.05) is 31.6 Å². The predicted molar refractivity (Wildman–Crippen MR) is 64.6 cm³/mol. The van der Waals surface area contributed by atoms with Gasteiger partial charge in [-0.15, -0.1) is 11.3 Å². The van der Waals surface area contributed by atoms with Gasteiger partial charge in [0.25, 0.3) is 0 Å². The minimum absolute atomic E-state index is 0.256. The second-order valence-electron chi connectivity index (χ2n) is 3.41. The first kappa shape index (κ1) is 10.5. The van der Waals surface area contributed by atoms with Crippen LogP contribution in [0.4, 0.5) is 5.69 Å². The molecule has 0 fully saturated rings. The first-order valence-corrected chi connectivity index (χ1v) is 5.85. The van der Waals surface area contributed by atoms with Gasteiger partial charge in [-0.2, -0.15) is 5.10 Å². The van der Waals surface area contributed by atoms with Crippen LogP contribution in [0.15, 0.2) is 24.5 Å². The lowest BCUT2D eigenvalue weighted by atomic mass is 10.3. The Hall–Kier alpha value is -1.000. The smallest absolute Gasteiger partial charge is 0.0932 e. The number of hydrogen-bond acceptors (Lipinski definition) is 3. The quantitative estimate of drug-likeness (QED) is 0.894. The van der Waals surface area contributed by atoms with E-state index in [0.29, 0.717) is 0 Å². The molecule has 0 bridgehead atoms. The second-order valence-corrected chi connectivity index (χ2v) is 5.16. The Labute approximate surface area is 97.7 Å². The van der Waals surface area contributed by atoms with Crippen LogP contribution in [0.1, 0.15) is 17.8 Å². The van der Waals surface area contributed by atoms with Crippen LogP contribution in [0.5, 0.6) is 0 Å². The molecule has 0 radical (unpaired) electrons. The van der Waals surface area contributed by atoms with Crippen molar-refractivity contribution in [2.24, 2.45) is 7.05 Å². The summed E-state index contributed by atoms with van der Waals surface area (Å²) in [4.78, 5) is 1.23. The van der Waals surface area contributed by atoms with Crippen molar-refractivity contribution in [1.82, 2.24) is 9.78 Å². The van der Waals surface area contributed by atoms with E-state index in [1.165, 1.54) is 4.88 Å². The van der Waals surface area contributed by atoms with Crippen molar-refractivity contribution < 1.29 is 0 Å². The first-order valence-electron chi connectivity index (χ1n) is 4.65. The lowest BCUT2D eigenvalue weighted by Crippen LogP contribution is -2.03. The molecule has 0 aliphatic rings. The number of halogens is 1. The van der Waals surface area contributed by atoms with Gasteiger partial charge < -0.3 is 5.32 Å². The molecule has 0 saturated carbocycles. The van der Waals surface area contributed by atoms with E-state index in [-0.39, 0.29) is 6.04 Å². The number of nitrogens with zero attached hydrogens (tertiary/aromatic N) is 2. The zero-order valence-electron chi connectivity index (χ0n) is 8.57. The summed E-state index contributed by atoms with van der Waals surface area (Å²) < 4.78 is 2.60. The van der Waals surface area contributed by atoms with Gasteiger partial charge in [0.15, 0.2) is 0 Å². The van der Waals surface area contributed by atoms with Crippen molar-refractivity contribution in [2.75, 3.05) is 5.32 Å². The van der Waals surface area contributed by atoms with Crippen LogP contribution in [-0.2, 0) is 7.05 Å². The fourth-order valence-corrected chi connectivity index (χ4v) is 2.44. The molecule has 0 amide bonds. The third-order valence-corrected chi connectivity index (χ3v) is 3.52. The van der Waals surface area contributed by atoms with Gasteiger partial charge in [-0.1, -0.05) is 11.6 Å². The van der Waals surface area contributed by atoms with Gasteiger partial charge in [-0.05, 0) is 19.1 Å². The minimum atomic E-state index is 0.256. The molecule has 1 unspecified atom stereocenters. The molecule has 2 rings (SSSR count). The first-order chi connectivity index (χ1) is 7.15. The number of nitrogens with one attached hydrogen (secondary N) is 1. The van der Waals surface area contributed by atoms with Crippen molar-refractivity contribution in [1.29, 1.82) is 0 Å². The summed E-state index contributed by atoms with van der Waals surface area (Å²) in [5.41, 5.74) is 1.02. The molecule has 2 aromatic rings. The zero-order valence-corrected chi connectivity index (χ0v) is 10.1. The third-order valence-electron chi connectivity index (χ3n) is 2.11. The van der Waals surface area contributed by atoms with Crippen LogP contribution in [0.3, 0.4) is 0 Å². The Morgan fingerprint density at radius 3 is 2.87 bits per heavy atom. The van der Waals surface area contributed by atoms with Crippen molar-refractivity contribution >= 4 is 28.6 Å². The fourth-order valence-electron chi connectivity index (χ4n) is 1.38. The summed E-state index contributed by atoms with van der Waals surface area (Å²) in [7, 11) is 1.90. The Balaban J connectivity index is 2.06. The van der Waals surface area contributed by atoms with E-state index in [0.717, 1.165) is 10.0 Å². The second kappa shape index (κ2) is 4.24. The highest BCUT2D eigenvalue weighted by Crippen LogP contribution is 2.28. The van der Waals surface area contributed by atoms with Gasteiger partial charge in [-0.25, -0.2) is 0 Å². The van der Waals surface area contributed by atoms with Crippen LogP contribution in [-0.4, -0.2) is 9.78 Å². The topological polar surface area (TPSA) is 29.9 Å². The largest absolute Gasteiger partial charge is 0.375 e. The van der Waals surface area contributed by atoms with Gasteiger partial charge in [0.2, 0.25) is 0 Å². The van der Waals surface area contributed by atoms with Crippen molar-refractivity contribution in [3.05, 3.63) is 33.7 Å². The molecule has 2 heterocycles. The molecule has 1 N–H and O–H groups in total. The molecule has 5 heteroatoms. The lowest BCUT2D eigenvalue weighted by Gasteiger charge is -2.10. The molecule has 0 aliphatic heterocycles. The highest BCUT2D eigenvalue weighted by molar-refractivity contribution is 7.16. The number of aryl methyl sites for hydroxylation is 1. The normalized spacial score (nSPS) is 12.7. The van der Waals surface area contributed by atoms with Crippen LogP contribution in [0, 0.1) is 0 Å². The lowest BCUT2D eigenvalue weighted by molar-refractivity contribution is 0.767. The number of aromatic nitrogens is 2. The average Bonchev–Trinajstić information content (AvgIpc) is 2.75. The number of thiophene rings is 1. The molecule has 15 heavy (non-hydrogen) atoms. The maximum atomic E-state index is 5.89. The molecule has 0 aliphatic carbocycles. The monoisotopic (exact) mass is 241 g/mol. The molecule has 3 nitrogen and oxygen atoms in total. The van der Waals surface area contributed by atoms with E-state index in [1.54, 1.807) is 16.0 Å². The summed E-state index contributed by atoms with van der Waals surface area (Å²) in [6.07, 6.45) is 3.76. The van der Waals surface area contributed by atoms with Crippen molar-refractivity contribution in [2.45, 2.75) is 13.0 Å². The molecule has 1 atom stereocenters. The van der Waals surface area contributed by atoms with Gasteiger partial charge in [-0.3, -0.25) is 4.68 Å². The van der Waals surface area contributed by atoms with Gasteiger partial charge in [0.1, 0.15) is 0 Å². The Bertz CT molecular complexity index is 449. The maximum absolute atomic E-state index is 5.89. The number of anilines is 1. The fraction of sp³-hybridized carbons (Fsp3) is 0.300. The predicted octanol–water partition coefficient (Wildman–Crippen LogP) is 3.31. The van der Waals surface area contributed by atoms with Crippen LogP contribution < -0.4 is 5.32 Å². The highest BCUT2D eigenvalue weighted by atomic mass is 35.5. The summed E-state index contributed by atoms with van der Waals surface area (Å²) >= 11 is 7.48. The van der Waals surface area contributed by atoms with Crippen LogP contribution in [0.2, 0.25) is 4.34 Å². The molecule has 0 aromatic carbocycles. The van der Waals surface area contributed by atoms with E-state index in [2.05, 4.69) is 17.3 Å². The van der Waals surface area contributed by atoms with E-state index < -0.39 is 0 Å². The Morgan fingerprint density at radius 1 is 1.53 bits per heavy atom. The Morgan fingerprint density at radius 2 is 2.33 bits per heavy atom.